The number of hydrogen-bond acceptors (Lipinski definition) is 1. The van der Waals surface area contributed by atoms with Gasteiger partial charge in [0.1, 0.15) is 11.6 Å². The Hall–Kier alpha value is -1.54. The Balaban J connectivity index is 2.28. The van der Waals surface area contributed by atoms with Gasteiger partial charge in [0.15, 0.2) is 0 Å². The van der Waals surface area contributed by atoms with Crippen molar-refractivity contribution in [3.05, 3.63) is 65.0 Å². The molecule has 0 amide bonds. The van der Waals surface area contributed by atoms with Crippen LogP contribution in [-0.2, 0) is 0 Å². The van der Waals surface area contributed by atoms with Crippen LogP contribution in [0.3, 0.4) is 0 Å². The molecule has 0 radical (unpaired) electrons. The Kier molecular flexibility index (Phi) is 3.87. The minimum atomic E-state index is -0.282. The molecule has 0 aliphatic heterocycles. The summed E-state index contributed by atoms with van der Waals surface area (Å²) in [7, 11) is 1.62. The van der Waals surface area contributed by atoms with Crippen LogP contribution >= 0.6 is 11.6 Å². The zero-order chi connectivity index (χ0) is 13.1. The van der Waals surface area contributed by atoms with Crippen molar-refractivity contribution < 1.29 is 9.13 Å². The van der Waals surface area contributed by atoms with Crippen LogP contribution in [0.2, 0.25) is 0 Å². The maximum absolute atomic E-state index is 13.2. The number of aryl methyl sites for hydroxylation is 1. The van der Waals surface area contributed by atoms with Crippen LogP contribution in [0.1, 0.15) is 22.1 Å². The summed E-state index contributed by atoms with van der Waals surface area (Å²) < 4.78 is 18.3. The van der Waals surface area contributed by atoms with Crippen molar-refractivity contribution in [1.82, 2.24) is 0 Å². The second-order valence-corrected chi connectivity index (χ2v) is 4.58. The predicted octanol–water partition coefficient (Wildman–Crippen LogP) is 4.47. The van der Waals surface area contributed by atoms with Crippen LogP contribution in [0.25, 0.3) is 0 Å². The Morgan fingerprint density at radius 1 is 1.06 bits per heavy atom. The third-order valence-corrected chi connectivity index (χ3v) is 3.39. The maximum Gasteiger partial charge on any atom is 0.126 e. The Morgan fingerprint density at radius 3 is 2.22 bits per heavy atom. The van der Waals surface area contributed by atoms with Crippen molar-refractivity contribution >= 4 is 11.6 Å². The third-order valence-electron chi connectivity index (χ3n) is 2.88. The number of methoxy groups -OCH3 is 1. The highest BCUT2D eigenvalue weighted by molar-refractivity contribution is 6.22. The first-order valence-corrected chi connectivity index (χ1v) is 6.09. The minimum Gasteiger partial charge on any atom is -0.497 e. The predicted molar refractivity (Wildman–Crippen MR) is 71.8 cm³/mol. The van der Waals surface area contributed by atoms with Gasteiger partial charge in [-0.25, -0.2) is 4.39 Å². The average Bonchev–Trinajstić information content (AvgIpc) is 2.41. The fraction of sp³-hybridized carbons (Fsp3) is 0.200. The van der Waals surface area contributed by atoms with E-state index in [-0.39, 0.29) is 11.2 Å². The molecule has 18 heavy (non-hydrogen) atoms. The van der Waals surface area contributed by atoms with Crippen LogP contribution in [0.15, 0.2) is 42.5 Å². The summed E-state index contributed by atoms with van der Waals surface area (Å²) in [4.78, 5) is 0. The van der Waals surface area contributed by atoms with Gasteiger partial charge in [0.05, 0.1) is 12.5 Å². The van der Waals surface area contributed by atoms with E-state index < -0.39 is 0 Å². The fourth-order valence-corrected chi connectivity index (χ4v) is 2.07. The van der Waals surface area contributed by atoms with Crippen LogP contribution < -0.4 is 4.74 Å². The average molecular weight is 265 g/mol. The summed E-state index contributed by atoms with van der Waals surface area (Å²) in [5, 5.41) is -0.282. The van der Waals surface area contributed by atoms with Gasteiger partial charge >= 0.3 is 0 Å². The monoisotopic (exact) mass is 264 g/mol. The summed E-state index contributed by atoms with van der Waals surface area (Å²) in [5.74, 6) is 0.579. The minimum absolute atomic E-state index is 0.211. The standard InChI is InChI=1S/C15H14ClFO/c1-10-9-12(5-8-14(10)17)15(16)11-3-6-13(18-2)7-4-11/h3-9,15H,1-2H3. The molecule has 0 bridgehead atoms. The quantitative estimate of drug-likeness (QED) is 0.743. The van der Waals surface area contributed by atoms with E-state index in [2.05, 4.69) is 0 Å². The SMILES string of the molecule is COc1ccc(C(Cl)c2ccc(F)c(C)c2)cc1. The number of ether oxygens (including phenoxy) is 1. The van der Waals surface area contributed by atoms with Crippen LogP contribution in [-0.4, -0.2) is 7.11 Å². The van der Waals surface area contributed by atoms with E-state index in [1.807, 2.05) is 24.3 Å². The van der Waals surface area contributed by atoms with E-state index in [0.29, 0.717) is 5.56 Å². The van der Waals surface area contributed by atoms with Gasteiger partial charge in [-0.05, 0) is 41.8 Å². The van der Waals surface area contributed by atoms with Gasteiger partial charge in [-0.2, -0.15) is 0 Å². The summed E-state index contributed by atoms with van der Waals surface area (Å²) >= 11 is 6.39. The van der Waals surface area contributed by atoms with E-state index in [0.717, 1.165) is 16.9 Å². The number of benzene rings is 2. The molecule has 0 aliphatic rings. The first-order valence-electron chi connectivity index (χ1n) is 5.66. The second kappa shape index (κ2) is 5.40. The summed E-state index contributed by atoms with van der Waals surface area (Å²) in [6.45, 7) is 1.73. The molecular formula is C15H14ClFO. The van der Waals surface area contributed by atoms with Crippen LogP contribution in [0, 0.1) is 12.7 Å². The lowest BCUT2D eigenvalue weighted by molar-refractivity contribution is 0.414. The van der Waals surface area contributed by atoms with E-state index in [9.17, 15) is 4.39 Å². The molecule has 3 heteroatoms. The first-order chi connectivity index (χ1) is 8.61. The van der Waals surface area contributed by atoms with Crippen molar-refractivity contribution in [3.8, 4) is 5.75 Å². The molecule has 0 saturated heterocycles. The summed E-state index contributed by atoms with van der Waals surface area (Å²) in [6.07, 6.45) is 0. The topological polar surface area (TPSA) is 9.23 Å². The van der Waals surface area contributed by atoms with Crippen LogP contribution in [0.5, 0.6) is 5.75 Å². The zero-order valence-electron chi connectivity index (χ0n) is 10.3. The molecule has 1 nitrogen and oxygen atoms in total. The molecule has 94 valence electrons. The van der Waals surface area contributed by atoms with E-state index in [4.69, 9.17) is 16.3 Å². The van der Waals surface area contributed by atoms with Gasteiger partial charge in [-0.3, -0.25) is 0 Å². The molecule has 0 spiro atoms. The van der Waals surface area contributed by atoms with Crippen molar-refractivity contribution in [1.29, 1.82) is 0 Å². The molecule has 0 saturated carbocycles. The Morgan fingerprint density at radius 2 is 1.67 bits per heavy atom. The molecule has 0 fully saturated rings. The normalized spacial score (nSPS) is 12.2. The highest BCUT2D eigenvalue weighted by Crippen LogP contribution is 2.30. The molecular weight excluding hydrogens is 251 g/mol. The lowest BCUT2D eigenvalue weighted by Crippen LogP contribution is -1.95. The molecule has 0 heterocycles. The molecule has 2 aromatic rings. The van der Waals surface area contributed by atoms with Crippen molar-refractivity contribution in [2.24, 2.45) is 0 Å². The van der Waals surface area contributed by atoms with Crippen molar-refractivity contribution in [2.45, 2.75) is 12.3 Å². The van der Waals surface area contributed by atoms with E-state index in [1.165, 1.54) is 6.07 Å². The molecule has 2 rings (SSSR count). The van der Waals surface area contributed by atoms with Gasteiger partial charge in [-0.1, -0.05) is 24.3 Å². The molecule has 0 aliphatic carbocycles. The van der Waals surface area contributed by atoms with Crippen molar-refractivity contribution in [3.63, 3.8) is 0 Å². The van der Waals surface area contributed by atoms with Gasteiger partial charge in [-0.15, -0.1) is 11.6 Å². The fourth-order valence-electron chi connectivity index (χ4n) is 1.79. The summed E-state index contributed by atoms with van der Waals surface area (Å²) in [5.41, 5.74) is 2.45. The number of hydrogen-bond donors (Lipinski definition) is 0. The highest BCUT2D eigenvalue weighted by atomic mass is 35.5. The van der Waals surface area contributed by atoms with Gasteiger partial charge in [0.25, 0.3) is 0 Å². The molecule has 1 atom stereocenters. The number of halogens is 2. The molecule has 2 aromatic carbocycles. The Labute approximate surface area is 111 Å². The third kappa shape index (κ3) is 2.65. The second-order valence-electron chi connectivity index (χ2n) is 4.14. The lowest BCUT2D eigenvalue weighted by Gasteiger charge is -2.12. The maximum atomic E-state index is 13.2. The molecule has 0 N–H and O–H groups in total. The smallest absolute Gasteiger partial charge is 0.126 e. The van der Waals surface area contributed by atoms with Gasteiger partial charge in [0.2, 0.25) is 0 Å². The number of rotatable bonds is 3. The van der Waals surface area contributed by atoms with E-state index >= 15 is 0 Å². The first kappa shape index (κ1) is 12.9. The number of alkyl halides is 1. The van der Waals surface area contributed by atoms with Gasteiger partial charge in [0, 0.05) is 0 Å². The highest BCUT2D eigenvalue weighted by Gasteiger charge is 2.12. The summed E-state index contributed by atoms with van der Waals surface area (Å²) in [6, 6.07) is 12.5. The zero-order valence-corrected chi connectivity index (χ0v) is 11.0. The lowest BCUT2D eigenvalue weighted by atomic mass is 10.0. The van der Waals surface area contributed by atoms with E-state index in [1.54, 1.807) is 26.2 Å². The molecule has 0 aromatic heterocycles. The Bertz CT molecular complexity index is 537. The van der Waals surface area contributed by atoms with Gasteiger partial charge < -0.3 is 4.74 Å². The van der Waals surface area contributed by atoms with Crippen molar-refractivity contribution in [2.75, 3.05) is 7.11 Å². The van der Waals surface area contributed by atoms with Crippen LogP contribution in [0.4, 0.5) is 4.39 Å². The molecule has 1 unspecified atom stereocenters. The largest absolute Gasteiger partial charge is 0.497 e.